The van der Waals surface area contributed by atoms with Crippen LogP contribution in [0.2, 0.25) is 0 Å². The minimum Gasteiger partial charge on any atom is -0.392 e. The number of ketones is 1. The van der Waals surface area contributed by atoms with Crippen LogP contribution < -0.4 is 10.6 Å². The van der Waals surface area contributed by atoms with Gasteiger partial charge in [-0.05, 0) is 82.7 Å². The van der Waals surface area contributed by atoms with Crippen molar-refractivity contribution < 1.29 is 56.8 Å². The molecule has 4 N–H and O–H groups in total. The van der Waals surface area contributed by atoms with Crippen molar-refractivity contribution in [2.24, 2.45) is 0 Å². The number of halogens is 2. The smallest absolute Gasteiger partial charge is 0.140 e. The van der Waals surface area contributed by atoms with Gasteiger partial charge in [-0.2, -0.15) is 12.6 Å². The van der Waals surface area contributed by atoms with Gasteiger partial charge in [0.1, 0.15) is 11.3 Å². The summed E-state index contributed by atoms with van der Waals surface area (Å²) < 4.78 is 0. The van der Waals surface area contributed by atoms with Gasteiger partial charge >= 0.3 is 0 Å². The molecule has 0 spiro atoms. The second kappa shape index (κ2) is 37.9. The van der Waals surface area contributed by atoms with Gasteiger partial charge in [-0.25, -0.2) is 0 Å². The Kier molecular flexibility index (Phi) is 45.1. The summed E-state index contributed by atoms with van der Waals surface area (Å²) in [5, 5.41) is 25.0. The number of hydrogen-bond donors (Lipinski definition) is 5. The number of rotatable bonds is 26. The number of carbonyl (C=O) groups is 1. The number of thioether (sulfide) groups is 1. The number of nitrogens with zero attached hydrogens (tertiary/aromatic N) is 2. The first-order valence-corrected chi connectivity index (χ1v) is 18.0. The normalized spacial score (nSPS) is 13.4. The Morgan fingerprint density at radius 3 is 2.16 bits per heavy atom. The summed E-state index contributed by atoms with van der Waals surface area (Å²) in [6.07, 6.45) is 10.3. The van der Waals surface area contributed by atoms with Crippen molar-refractivity contribution >= 4 is 53.4 Å². The summed E-state index contributed by atoms with van der Waals surface area (Å²) in [5.74, 6) is 1.83. The first-order valence-electron chi connectivity index (χ1n) is 15.1. The number of hydrogen-bond acceptors (Lipinski definition) is 9. The average Bonchev–Trinajstić information content (AvgIpc) is 2.92. The van der Waals surface area contributed by atoms with Crippen LogP contribution in [-0.4, -0.2) is 113 Å². The molecule has 0 aliphatic rings. The van der Waals surface area contributed by atoms with Gasteiger partial charge in [0.15, 0.2) is 0 Å². The van der Waals surface area contributed by atoms with Crippen molar-refractivity contribution in [1.29, 1.82) is 0 Å². The minimum atomic E-state index is -0.773. The van der Waals surface area contributed by atoms with Gasteiger partial charge < -0.3 is 32.7 Å². The molecule has 0 aromatic rings. The number of alkyl halides is 2. The number of unbranched alkanes of at least 4 members (excludes halogenated alkanes) is 3. The van der Waals surface area contributed by atoms with E-state index in [-0.39, 0.29) is 59.7 Å². The molecule has 12 heteroatoms. The summed E-state index contributed by atoms with van der Waals surface area (Å²) in [4.78, 5) is 16.8. The third-order valence-corrected chi connectivity index (χ3v) is 7.41. The quantitative estimate of drug-likeness (QED) is 0.0325. The molecule has 0 fully saturated rings. The Bertz CT molecular complexity index is 642. The minimum absolute atomic E-state index is 0. The Morgan fingerprint density at radius 1 is 1.07 bits per heavy atom. The fourth-order valence-corrected chi connectivity index (χ4v) is 5.49. The summed E-state index contributed by atoms with van der Waals surface area (Å²) >= 11 is 16.5. The molecule has 0 rings (SSSR count). The number of carbonyl (C=O) groups excluding carboxylic acids is 1. The van der Waals surface area contributed by atoms with Crippen LogP contribution in [0.4, 0.5) is 0 Å². The van der Waals surface area contributed by atoms with Gasteiger partial charge in [-0.3, -0.25) is 9.69 Å². The predicted octanol–water partition coefficient (Wildman–Crippen LogP) is 5.80. The molecule has 0 amide bonds. The van der Waals surface area contributed by atoms with Gasteiger partial charge in [0.25, 0.3) is 0 Å². The Labute approximate surface area is 318 Å². The van der Waals surface area contributed by atoms with Crippen molar-refractivity contribution in [3.05, 3.63) is 31.2 Å². The molecular formula is C31H63CeCl2N4O3S2-. The molecule has 0 bridgehead atoms. The molecule has 0 radical (unpaired) electrons. The van der Waals surface area contributed by atoms with E-state index in [1.54, 1.807) is 19.4 Å². The molecule has 7 nitrogen and oxygen atoms in total. The molecule has 256 valence electrons. The molecule has 4 unspecified atom stereocenters. The molecule has 0 aliphatic carbocycles. The van der Waals surface area contributed by atoms with Gasteiger partial charge in [-0.1, -0.05) is 44.5 Å². The van der Waals surface area contributed by atoms with E-state index in [4.69, 9.17) is 28.3 Å². The first-order chi connectivity index (χ1) is 20.0. The second-order valence-corrected chi connectivity index (χ2v) is 12.5. The molecular weight excluding hydrogens is 752 g/mol. The summed E-state index contributed by atoms with van der Waals surface area (Å²) in [6, 6.07) is 0.403. The van der Waals surface area contributed by atoms with Gasteiger partial charge in [0.2, 0.25) is 0 Å². The summed E-state index contributed by atoms with van der Waals surface area (Å²) in [6.45, 7) is 24.9. The van der Waals surface area contributed by atoms with Crippen molar-refractivity contribution in [3.63, 3.8) is 0 Å². The van der Waals surface area contributed by atoms with Crippen LogP contribution in [0.15, 0.2) is 24.3 Å². The third-order valence-electron chi connectivity index (χ3n) is 6.03. The first kappa shape index (κ1) is 51.2. The van der Waals surface area contributed by atoms with E-state index in [0.29, 0.717) is 31.4 Å². The topological polar surface area (TPSA) is 88.1 Å². The Hall–Kier alpha value is 1.41. The maximum absolute atomic E-state index is 11.3. The summed E-state index contributed by atoms with van der Waals surface area (Å²) in [5.41, 5.74) is -0.773. The van der Waals surface area contributed by atoms with E-state index in [1.807, 2.05) is 18.7 Å². The van der Waals surface area contributed by atoms with Crippen molar-refractivity contribution in [3.8, 4) is 0 Å². The molecule has 0 saturated heterocycles. The van der Waals surface area contributed by atoms with Crippen LogP contribution in [-0.2, 0) is 4.79 Å². The largest absolute Gasteiger partial charge is 0.392 e. The number of aliphatic hydroxyl groups is 2. The zero-order valence-corrected chi connectivity index (χ0v) is 34.0. The molecule has 0 saturated carbocycles. The third kappa shape index (κ3) is 39.5. The van der Waals surface area contributed by atoms with Crippen LogP contribution >= 0.6 is 47.6 Å². The fraction of sp³-hybridized carbons (Fsp3) is 0.806. The van der Waals surface area contributed by atoms with Crippen LogP contribution in [0.3, 0.4) is 0 Å². The maximum atomic E-state index is 11.3. The number of nitrogens with one attached hydrogen (secondary N) is 2. The van der Waals surface area contributed by atoms with Crippen molar-refractivity contribution in [1.82, 2.24) is 20.4 Å². The zero-order valence-electron chi connectivity index (χ0n) is 27.6. The molecule has 0 heterocycles. The van der Waals surface area contributed by atoms with Crippen LogP contribution in [0.1, 0.15) is 72.6 Å². The van der Waals surface area contributed by atoms with Gasteiger partial charge in [-0.15, -0.1) is 29.9 Å². The van der Waals surface area contributed by atoms with Crippen LogP contribution in [0, 0.1) is 48.7 Å². The Morgan fingerprint density at radius 2 is 1.67 bits per heavy atom. The van der Waals surface area contributed by atoms with Gasteiger partial charge in [0.05, 0.1) is 6.10 Å². The predicted molar refractivity (Wildman–Crippen MR) is 192 cm³/mol. The van der Waals surface area contributed by atoms with Gasteiger partial charge in [0, 0.05) is 92.3 Å². The van der Waals surface area contributed by atoms with E-state index < -0.39 is 5.56 Å². The standard InChI is InChI=1S/C21H40N3O2S.C9H19Cl2NO.CH4S.Ce/c1-7-22-21(14-18(4)25)15-23-17(3)13-20(6)27-12-10-9-11-24(8-2)16-19(5)26;1-2-3-4-6-12(7-5-10)8-9(11)13;1-2;/h7,17,19,21-23,26H,1-2,6,8-16H2,3-5H3;9,13H,2-8H2,1H3;2H,1H3;/q-1;;;. The molecule has 0 aliphatic heterocycles. The number of Topliss-reactive ketones (excluding diaryl/α,β-unsaturated/α-hetero) is 1. The second-order valence-electron chi connectivity index (χ2n) is 10.4. The fourth-order valence-electron chi connectivity index (χ4n) is 4.05. The summed E-state index contributed by atoms with van der Waals surface area (Å²) in [7, 11) is 0. The van der Waals surface area contributed by atoms with Crippen LogP contribution in [0.5, 0.6) is 0 Å². The van der Waals surface area contributed by atoms with E-state index in [9.17, 15) is 9.90 Å². The van der Waals surface area contributed by atoms with E-state index in [0.717, 1.165) is 64.2 Å². The number of aliphatic hydroxyl groups excluding tert-OH is 2. The zero-order chi connectivity index (χ0) is 32.8. The maximum Gasteiger partial charge on any atom is 0.140 e. The number of thiol groups is 1. The van der Waals surface area contributed by atoms with Crippen molar-refractivity contribution in [2.75, 3.05) is 63.7 Å². The van der Waals surface area contributed by atoms with Crippen molar-refractivity contribution in [2.45, 2.75) is 96.4 Å². The van der Waals surface area contributed by atoms with E-state index in [2.05, 4.69) is 67.0 Å². The van der Waals surface area contributed by atoms with E-state index >= 15 is 0 Å². The average molecular weight is 815 g/mol. The Balaban J connectivity index is -0.000000400. The SMILES string of the molecule is C=CNC(CNC(C)CC(=C)SCCCCN(C[CH2-])CC(C)O)CC(C)=O.CCCCCN(CCCl)CC(O)Cl.CS.[Ce]. The molecule has 0 aromatic carbocycles. The molecule has 43 heavy (non-hydrogen) atoms. The van der Waals surface area contributed by atoms with Crippen LogP contribution in [0.25, 0.3) is 0 Å². The molecule has 0 aromatic heterocycles. The molecule has 4 atom stereocenters. The monoisotopic (exact) mass is 813 g/mol. The van der Waals surface area contributed by atoms with E-state index in [1.165, 1.54) is 17.7 Å².